The van der Waals surface area contributed by atoms with Crippen LogP contribution in [0.25, 0.3) is 0 Å². The van der Waals surface area contributed by atoms with Crippen LogP contribution in [0.4, 0.5) is 11.4 Å². The van der Waals surface area contributed by atoms with Crippen molar-refractivity contribution in [2.75, 3.05) is 18.1 Å². The van der Waals surface area contributed by atoms with Crippen LogP contribution in [0, 0.1) is 10.1 Å². The van der Waals surface area contributed by atoms with E-state index in [1.807, 2.05) is 18.0 Å². The molecule has 0 heterocycles. The van der Waals surface area contributed by atoms with Crippen LogP contribution in [0.5, 0.6) is 0 Å². The minimum absolute atomic E-state index is 0.0563. The molecule has 0 aliphatic heterocycles. The van der Waals surface area contributed by atoms with Gasteiger partial charge in [0.25, 0.3) is 11.6 Å². The van der Waals surface area contributed by atoms with E-state index < -0.39 is 4.92 Å². The molecule has 158 valence electrons. The first-order valence-corrected chi connectivity index (χ1v) is 11.0. The third kappa shape index (κ3) is 5.60. The number of benzene rings is 2. The molecule has 1 saturated carbocycles. The summed E-state index contributed by atoms with van der Waals surface area (Å²) in [6.07, 6.45) is 5.66. The van der Waals surface area contributed by atoms with Gasteiger partial charge in [-0.1, -0.05) is 37.5 Å². The second kappa shape index (κ2) is 10.2. The van der Waals surface area contributed by atoms with Crippen LogP contribution in [0.3, 0.4) is 0 Å². The Morgan fingerprint density at radius 1 is 1.13 bits per heavy atom. The average Bonchev–Trinajstić information content (AvgIpc) is 2.77. The molecule has 0 aromatic heterocycles. The van der Waals surface area contributed by atoms with Crippen molar-refractivity contribution in [1.82, 2.24) is 4.90 Å². The highest BCUT2D eigenvalue weighted by Crippen LogP contribution is 2.26. The van der Waals surface area contributed by atoms with E-state index in [4.69, 9.17) is 0 Å². The maximum absolute atomic E-state index is 12.8. The number of hydrogen-bond donors (Lipinski definition) is 1. The van der Waals surface area contributed by atoms with E-state index in [1.165, 1.54) is 36.4 Å². The number of nitrogens with one attached hydrogen (secondary N) is 1. The van der Waals surface area contributed by atoms with Crippen molar-refractivity contribution in [2.24, 2.45) is 0 Å². The lowest BCUT2D eigenvalue weighted by molar-refractivity contribution is -0.384. The van der Waals surface area contributed by atoms with Crippen molar-refractivity contribution in [3.8, 4) is 0 Å². The van der Waals surface area contributed by atoms with Crippen molar-refractivity contribution in [2.45, 2.75) is 43.0 Å². The second-order valence-electron chi connectivity index (χ2n) is 7.34. The van der Waals surface area contributed by atoms with E-state index in [9.17, 15) is 19.7 Å². The van der Waals surface area contributed by atoms with Crippen molar-refractivity contribution in [3.05, 3.63) is 64.2 Å². The lowest BCUT2D eigenvalue weighted by Crippen LogP contribution is -2.39. The van der Waals surface area contributed by atoms with Crippen molar-refractivity contribution >= 4 is 35.0 Å². The van der Waals surface area contributed by atoms with Gasteiger partial charge >= 0.3 is 0 Å². The van der Waals surface area contributed by atoms with Gasteiger partial charge in [-0.25, -0.2) is 0 Å². The summed E-state index contributed by atoms with van der Waals surface area (Å²) in [5, 5.41) is 13.6. The Kier molecular flexibility index (Phi) is 7.46. The number of thioether (sulfide) groups is 1. The molecule has 3 rings (SSSR count). The van der Waals surface area contributed by atoms with E-state index in [-0.39, 0.29) is 23.3 Å². The van der Waals surface area contributed by atoms with Crippen LogP contribution in [0.2, 0.25) is 0 Å². The molecule has 30 heavy (non-hydrogen) atoms. The summed E-state index contributed by atoms with van der Waals surface area (Å²) in [5.41, 5.74) is 0.691. The van der Waals surface area contributed by atoms with E-state index >= 15 is 0 Å². The summed E-state index contributed by atoms with van der Waals surface area (Å²) >= 11 is 1.33. The average molecular weight is 428 g/mol. The molecular formula is C22H25N3O4S. The normalized spacial score (nSPS) is 14.2. The third-order valence-electron chi connectivity index (χ3n) is 5.31. The number of carbonyl (C=O) groups is 2. The number of nitro benzene ring substituents is 1. The summed E-state index contributed by atoms with van der Waals surface area (Å²) in [6, 6.07) is 13.2. The molecule has 8 heteroatoms. The fourth-order valence-corrected chi connectivity index (χ4v) is 4.56. The number of rotatable bonds is 7. The fourth-order valence-electron chi connectivity index (χ4n) is 3.59. The van der Waals surface area contributed by atoms with Gasteiger partial charge < -0.3 is 10.2 Å². The molecule has 1 aliphatic rings. The number of amides is 2. The highest BCUT2D eigenvalue weighted by atomic mass is 32.2. The zero-order valence-corrected chi connectivity index (χ0v) is 17.7. The summed E-state index contributed by atoms with van der Waals surface area (Å²) in [4.78, 5) is 38.4. The Morgan fingerprint density at radius 2 is 1.87 bits per heavy atom. The number of carbonyl (C=O) groups excluding carboxylic acids is 2. The molecule has 0 unspecified atom stereocenters. The molecule has 2 aromatic carbocycles. The predicted molar refractivity (Wildman–Crippen MR) is 118 cm³/mol. The standard InChI is InChI=1S/C22H25N3O4S/c1-24(17-9-3-2-4-10-17)21(26)15-30-20-13-6-5-12-19(20)22(27)23-16-8-7-11-18(14-16)25(28)29/h5-8,11-14,17H,2-4,9-10,15H2,1H3,(H,23,27). The van der Waals surface area contributed by atoms with Gasteiger partial charge in [0.1, 0.15) is 0 Å². The Labute approximate surface area is 180 Å². The van der Waals surface area contributed by atoms with E-state index in [1.54, 1.807) is 24.3 Å². The Balaban J connectivity index is 1.65. The molecular weight excluding hydrogens is 402 g/mol. The van der Waals surface area contributed by atoms with Gasteiger partial charge in [0.15, 0.2) is 0 Å². The first-order chi connectivity index (χ1) is 14.5. The Bertz CT molecular complexity index is 928. The molecule has 1 N–H and O–H groups in total. The van der Waals surface area contributed by atoms with Crippen LogP contribution >= 0.6 is 11.8 Å². The SMILES string of the molecule is CN(C(=O)CSc1ccccc1C(=O)Nc1cccc([N+](=O)[O-])c1)C1CCCCC1. The Hall–Kier alpha value is -2.87. The summed E-state index contributed by atoms with van der Waals surface area (Å²) in [7, 11) is 1.86. The number of nitrogens with zero attached hydrogens (tertiary/aromatic N) is 2. The quantitative estimate of drug-likeness (QED) is 0.392. The van der Waals surface area contributed by atoms with E-state index in [0.717, 1.165) is 25.7 Å². The summed E-state index contributed by atoms with van der Waals surface area (Å²) < 4.78 is 0. The molecule has 2 aromatic rings. The smallest absolute Gasteiger partial charge is 0.271 e. The maximum atomic E-state index is 12.8. The zero-order chi connectivity index (χ0) is 21.5. The number of non-ortho nitro benzene ring substituents is 1. The maximum Gasteiger partial charge on any atom is 0.271 e. The third-order valence-corrected chi connectivity index (χ3v) is 6.37. The monoisotopic (exact) mass is 427 g/mol. The topological polar surface area (TPSA) is 92.6 Å². The highest BCUT2D eigenvalue weighted by molar-refractivity contribution is 8.00. The lowest BCUT2D eigenvalue weighted by Gasteiger charge is -2.31. The number of hydrogen-bond acceptors (Lipinski definition) is 5. The molecule has 7 nitrogen and oxygen atoms in total. The van der Waals surface area contributed by atoms with Crippen LogP contribution in [-0.2, 0) is 4.79 Å². The molecule has 1 aliphatic carbocycles. The van der Waals surface area contributed by atoms with Crippen LogP contribution in [-0.4, -0.2) is 40.5 Å². The molecule has 0 radical (unpaired) electrons. The van der Waals surface area contributed by atoms with E-state index in [2.05, 4.69) is 5.32 Å². The summed E-state index contributed by atoms with van der Waals surface area (Å²) in [6.45, 7) is 0. The van der Waals surface area contributed by atoms with Gasteiger partial charge in [0.05, 0.1) is 16.2 Å². The largest absolute Gasteiger partial charge is 0.342 e. The highest BCUT2D eigenvalue weighted by Gasteiger charge is 2.22. The molecule has 0 spiro atoms. The van der Waals surface area contributed by atoms with Gasteiger partial charge in [-0.2, -0.15) is 0 Å². The summed E-state index contributed by atoms with van der Waals surface area (Å²) in [5.74, 6) is -0.0545. The lowest BCUT2D eigenvalue weighted by atomic mass is 9.94. The van der Waals surface area contributed by atoms with Gasteiger partial charge in [-0.15, -0.1) is 11.8 Å². The van der Waals surface area contributed by atoms with Gasteiger partial charge in [-0.05, 0) is 31.0 Å². The second-order valence-corrected chi connectivity index (χ2v) is 8.36. The van der Waals surface area contributed by atoms with Crippen LogP contribution in [0.15, 0.2) is 53.4 Å². The van der Waals surface area contributed by atoms with Crippen molar-refractivity contribution < 1.29 is 14.5 Å². The predicted octanol–water partition coefficient (Wildman–Crippen LogP) is 4.73. The molecule has 0 atom stereocenters. The van der Waals surface area contributed by atoms with Gasteiger partial charge in [0, 0.05) is 35.8 Å². The van der Waals surface area contributed by atoms with Crippen molar-refractivity contribution in [1.29, 1.82) is 0 Å². The number of nitro groups is 1. The molecule has 1 fully saturated rings. The minimum atomic E-state index is -0.506. The van der Waals surface area contributed by atoms with Gasteiger partial charge in [0.2, 0.25) is 5.91 Å². The molecule has 0 bridgehead atoms. The first-order valence-electron chi connectivity index (χ1n) is 9.99. The van der Waals surface area contributed by atoms with Gasteiger partial charge in [-0.3, -0.25) is 19.7 Å². The number of anilines is 1. The van der Waals surface area contributed by atoms with Crippen molar-refractivity contribution in [3.63, 3.8) is 0 Å². The Morgan fingerprint density at radius 3 is 2.60 bits per heavy atom. The first kappa shape index (κ1) is 21.8. The zero-order valence-electron chi connectivity index (χ0n) is 16.9. The molecule has 0 saturated heterocycles. The van der Waals surface area contributed by atoms with Crippen LogP contribution in [0.1, 0.15) is 42.5 Å². The van der Waals surface area contributed by atoms with E-state index in [0.29, 0.717) is 22.2 Å². The fraction of sp³-hybridized carbons (Fsp3) is 0.364. The molecule has 2 amide bonds. The minimum Gasteiger partial charge on any atom is -0.342 e. The van der Waals surface area contributed by atoms with Crippen LogP contribution < -0.4 is 5.32 Å².